The summed E-state index contributed by atoms with van der Waals surface area (Å²) in [7, 11) is 0. The molecule has 1 fully saturated rings. The number of carbonyl (C=O) groups excluding carboxylic acids is 3. The second kappa shape index (κ2) is 8.27. The second-order valence-electron chi connectivity index (χ2n) is 7.32. The van der Waals surface area contributed by atoms with Gasteiger partial charge in [0.2, 0.25) is 0 Å². The molecule has 3 aromatic rings. The van der Waals surface area contributed by atoms with E-state index in [4.69, 9.17) is 0 Å². The van der Waals surface area contributed by atoms with Crippen LogP contribution in [0.2, 0.25) is 0 Å². The van der Waals surface area contributed by atoms with Crippen LogP contribution in [-0.2, 0) is 4.79 Å². The molecule has 0 spiro atoms. The fourth-order valence-electron chi connectivity index (χ4n) is 3.14. The molecule has 2 heterocycles. The molecule has 0 unspecified atom stereocenters. The molecule has 7 nitrogen and oxygen atoms in total. The zero-order valence-electron chi connectivity index (χ0n) is 16.8. The molecule has 4 rings (SSSR count). The van der Waals surface area contributed by atoms with Crippen molar-refractivity contribution in [2.45, 2.75) is 19.8 Å². The van der Waals surface area contributed by atoms with Gasteiger partial charge in [-0.1, -0.05) is 38.1 Å². The highest BCUT2D eigenvalue weighted by molar-refractivity contribution is 7.13. The van der Waals surface area contributed by atoms with Gasteiger partial charge in [-0.15, -0.1) is 11.3 Å². The van der Waals surface area contributed by atoms with Crippen LogP contribution in [0.4, 0.5) is 20.6 Å². The largest absolute Gasteiger partial charge is 0.329 e. The molecular formula is C22H19FN4O3S. The highest BCUT2D eigenvalue weighted by atomic mass is 32.1. The van der Waals surface area contributed by atoms with E-state index in [2.05, 4.69) is 29.5 Å². The molecule has 4 amide bonds. The Bertz CT molecular complexity index is 1160. The van der Waals surface area contributed by atoms with E-state index in [1.807, 2.05) is 24.3 Å². The third-order valence-corrected chi connectivity index (χ3v) is 5.74. The lowest BCUT2D eigenvalue weighted by Gasteiger charge is -2.14. The Kier molecular flexibility index (Phi) is 5.51. The van der Waals surface area contributed by atoms with Crippen molar-refractivity contribution in [1.82, 2.24) is 10.3 Å². The first-order valence-corrected chi connectivity index (χ1v) is 10.5. The zero-order chi connectivity index (χ0) is 22.1. The molecule has 1 aliphatic heterocycles. The van der Waals surface area contributed by atoms with Gasteiger partial charge in [0.15, 0.2) is 0 Å². The minimum absolute atomic E-state index is 0.200. The molecule has 158 valence electrons. The summed E-state index contributed by atoms with van der Waals surface area (Å²) in [5.41, 5.74) is 2.37. The number of rotatable bonds is 5. The standard InChI is InChI=1S/C22H19FN4O3S/c1-12(2)13-3-5-14(6-4-13)21-26-17(11-31-21)20(29)25-15-7-8-16(23)18(9-15)27-19(28)10-24-22(27)30/h3-9,11-12H,10H2,1-2H3,(H,24,30)(H,25,29). The number of nitrogens with zero attached hydrogens (tertiary/aromatic N) is 2. The predicted octanol–water partition coefficient (Wildman–Crippen LogP) is 4.38. The maximum Gasteiger partial charge on any atom is 0.329 e. The average Bonchev–Trinajstić information content (AvgIpc) is 3.37. The van der Waals surface area contributed by atoms with E-state index in [1.165, 1.54) is 29.0 Å². The van der Waals surface area contributed by atoms with Gasteiger partial charge in [-0.2, -0.15) is 0 Å². The number of carbonyl (C=O) groups is 3. The fraction of sp³-hybridized carbons (Fsp3) is 0.182. The van der Waals surface area contributed by atoms with Gasteiger partial charge in [0.25, 0.3) is 11.8 Å². The predicted molar refractivity (Wildman–Crippen MR) is 117 cm³/mol. The molecule has 2 aromatic carbocycles. The molecule has 31 heavy (non-hydrogen) atoms. The van der Waals surface area contributed by atoms with Crippen LogP contribution in [0.5, 0.6) is 0 Å². The van der Waals surface area contributed by atoms with E-state index >= 15 is 0 Å². The van der Waals surface area contributed by atoms with Crippen molar-refractivity contribution >= 4 is 40.6 Å². The van der Waals surface area contributed by atoms with Gasteiger partial charge >= 0.3 is 6.03 Å². The van der Waals surface area contributed by atoms with Gasteiger partial charge in [0.1, 0.15) is 16.5 Å². The van der Waals surface area contributed by atoms with Crippen LogP contribution in [0.1, 0.15) is 35.8 Å². The number of imide groups is 1. The van der Waals surface area contributed by atoms with Crippen LogP contribution in [0, 0.1) is 5.82 Å². The molecule has 9 heteroatoms. The Morgan fingerprint density at radius 3 is 2.58 bits per heavy atom. The van der Waals surface area contributed by atoms with E-state index in [0.717, 1.165) is 11.6 Å². The minimum atomic E-state index is -0.746. The Balaban J connectivity index is 1.52. The highest BCUT2D eigenvalue weighted by Crippen LogP contribution is 2.28. The van der Waals surface area contributed by atoms with Crippen molar-refractivity contribution in [3.8, 4) is 10.6 Å². The number of halogens is 1. The Labute approximate surface area is 181 Å². The smallest absolute Gasteiger partial charge is 0.328 e. The Hall–Kier alpha value is -3.59. The number of benzene rings is 2. The van der Waals surface area contributed by atoms with Crippen molar-refractivity contribution in [2.24, 2.45) is 0 Å². The van der Waals surface area contributed by atoms with Crippen LogP contribution in [-0.4, -0.2) is 29.4 Å². The summed E-state index contributed by atoms with van der Waals surface area (Å²) >= 11 is 1.34. The number of urea groups is 1. The summed E-state index contributed by atoms with van der Waals surface area (Å²) in [6.07, 6.45) is 0. The summed E-state index contributed by atoms with van der Waals surface area (Å²) < 4.78 is 14.2. The first-order chi connectivity index (χ1) is 14.8. The van der Waals surface area contributed by atoms with Crippen LogP contribution < -0.4 is 15.5 Å². The Morgan fingerprint density at radius 1 is 1.19 bits per heavy atom. The number of aromatic nitrogens is 1. The number of amides is 4. The van der Waals surface area contributed by atoms with Gasteiger partial charge < -0.3 is 10.6 Å². The van der Waals surface area contributed by atoms with Crippen molar-refractivity contribution < 1.29 is 18.8 Å². The van der Waals surface area contributed by atoms with E-state index in [-0.39, 0.29) is 23.6 Å². The van der Waals surface area contributed by atoms with E-state index in [0.29, 0.717) is 15.8 Å². The van der Waals surface area contributed by atoms with Crippen LogP contribution in [0.15, 0.2) is 47.8 Å². The maximum atomic E-state index is 14.2. The van der Waals surface area contributed by atoms with Gasteiger partial charge in [-0.05, 0) is 29.7 Å². The topological polar surface area (TPSA) is 91.4 Å². The van der Waals surface area contributed by atoms with Crippen LogP contribution in [0.25, 0.3) is 10.6 Å². The molecular weight excluding hydrogens is 419 g/mol. The lowest BCUT2D eigenvalue weighted by molar-refractivity contribution is -0.115. The van der Waals surface area contributed by atoms with E-state index in [1.54, 1.807) is 5.38 Å². The van der Waals surface area contributed by atoms with Crippen molar-refractivity contribution in [3.05, 3.63) is 64.9 Å². The third kappa shape index (κ3) is 4.17. The van der Waals surface area contributed by atoms with Crippen molar-refractivity contribution in [2.75, 3.05) is 16.8 Å². The number of nitrogens with one attached hydrogen (secondary N) is 2. The SMILES string of the molecule is CC(C)c1ccc(-c2nc(C(=O)Nc3ccc(F)c(N4C(=O)CNC4=O)c3)cs2)cc1. The number of hydrogen-bond donors (Lipinski definition) is 2. The molecule has 0 bridgehead atoms. The lowest BCUT2D eigenvalue weighted by atomic mass is 10.0. The summed E-state index contributed by atoms with van der Waals surface area (Å²) in [5.74, 6) is -1.37. The summed E-state index contributed by atoms with van der Waals surface area (Å²) in [6, 6.07) is 11.0. The molecule has 1 saturated heterocycles. The quantitative estimate of drug-likeness (QED) is 0.579. The summed E-state index contributed by atoms with van der Waals surface area (Å²) in [6.45, 7) is 4.04. The summed E-state index contributed by atoms with van der Waals surface area (Å²) in [4.78, 5) is 41.4. The third-order valence-electron chi connectivity index (χ3n) is 4.85. The second-order valence-corrected chi connectivity index (χ2v) is 8.18. The minimum Gasteiger partial charge on any atom is -0.328 e. The van der Waals surface area contributed by atoms with Crippen LogP contribution in [0.3, 0.4) is 0 Å². The maximum absolute atomic E-state index is 14.2. The molecule has 2 N–H and O–H groups in total. The molecule has 0 aliphatic carbocycles. The molecule has 1 aliphatic rings. The van der Waals surface area contributed by atoms with Crippen molar-refractivity contribution in [1.29, 1.82) is 0 Å². The lowest BCUT2D eigenvalue weighted by Crippen LogP contribution is -2.31. The first kappa shape index (κ1) is 20.7. The van der Waals surface area contributed by atoms with Crippen LogP contribution >= 0.6 is 11.3 Å². The zero-order valence-corrected chi connectivity index (χ0v) is 17.6. The van der Waals surface area contributed by atoms with Crippen molar-refractivity contribution in [3.63, 3.8) is 0 Å². The molecule has 0 radical (unpaired) electrons. The highest BCUT2D eigenvalue weighted by Gasteiger charge is 2.32. The van der Waals surface area contributed by atoms with E-state index < -0.39 is 23.7 Å². The number of thiazole rings is 1. The fourth-order valence-corrected chi connectivity index (χ4v) is 3.95. The normalized spacial score (nSPS) is 13.6. The Morgan fingerprint density at radius 2 is 1.94 bits per heavy atom. The van der Waals surface area contributed by atoms with Gasteiger partial charge in [-0.25, -0.2) is 19.1 Å². The average molecular weight is 438 g/mol. The van der Waals surface area contributed by atoms with Gasteiger partial charge in [0.05, 0.1) is 12.2 Å². The molecule has 0 atom stereocenters. The van der Waals surface area contributed by atoms with E-state index in [9.17, 15) is 18.8 Å². The van der Waals surface area contributed by atoms with Gasteiger partial charge in [0, 0.05) is 16.6 Å². The number of anilines is 2. The first-order valence-electron chi connectivity index (χ1n) is 9.61. The number of hydrogen-bond acceptors (Lipinski definition) is 5. The molecule has 1 aromatic heterocycles. The van der Waals surface area contributed by atoms with Gasteiger partial charge in [-0.3, -0.25) is 9.59 Å². The monoisotopic (exact) mass is 438 g/mol. The summed E-state index contributed by atoms with van der Waals surface area (Å²) in [5, 5.41) is 7.32. The molecule has 0 saturated carbocycles.